The predicted molar refractivity (Wildman–Crippen MR) is 175 cm³/mol. The molecule has 0 N–H and O–H groups in total. The zero-order valence-corrected chi connectivity index (χ0v) is 23.3. The maximum absolute atomic E-state index is 13.4. The maximum atomic E-state index is 13.4. The smallest absolute Gasteiger partial charge is 0.197 e. The second-order valence-electron chi connectivity index (χ2n) is 10.5. The molecule has 1 aliphatic carbocycles. The van der Waals surface area contributed by atoms with Crippen molar-refractivity contribution in [1.29, 1.82) is 0 Å². The lowest BCUT2D eigenvalue weighted by atomic mass is 10.0. The van der Waals surface area contributed by atoms with Gasteiger partial charge in [0.1, 0.15) is 5.00 Å². The first-order valence-corrected chi connectivity index (χ1v) is 14.7. The van der Waals surface area contributed by atoms with Crippen molar-refractivity contribution < 1.29 is 9.59 Å². The Kier molecular flexibility index (Phi) is 5.62. The number of rotatable bonds is 4. The van der Waals surface area contributed by atoms with E-state index in [4.69, 9.17) is 0 Å². The van der Waals surface area contributed by atoms with E-state index < -0.39 is 0 Å². The number of hydrogen-bond acceptors (Lipinski definition) is 4. The number of fused-ring (bicyclic) bond motifs is 4. The van der Waals surface area contributed by atoms with Crippen LogP contribution in [0.5, 0.6) is 0 Å². The number of ketones is 2. The lowest BCUT2D eigenvalue weighted by Gasteiger charge is -2.24. The van der Waals surface area contributed by atoms with Crippen LogP contribution in [0.25, 0.3) is 38.4 Å². The molecule has 0 amide bonds. The van der Waals surface area contributed by atoms with Crippen molar-refractivity contribution in [2.24, 2.45) is 0 Å². The Labute approximate surface area is 246 Å². The summed E-state index contributed by atoms with van der Waals surface area (Å²) in [6, 6.07) is 45.2. The van der Waals surface area contributed by atoms with Crippen molar-refractivity contribution in [2.45, 2.75) is 0 Å². The molecule has 198 valence electrons. The van der Waals surface area contributed by atoms with E-state index in [1.807, 2.05) is 60.7 Å². The monoisotopic (exact) mass is 557 g/mol. The van der Waals surface area contributed by atoms with E-state index in [1.54, 1.807) is 17.4 Å². The third kappa shape index (κ3) is 4.04. The number of carbonyl (C=O) groups excluding carboxylic acids is 2. The Bertz CT molecular complexity index is 2190. The molecular weight excluding hydrogens is 534 g/mol. The molecule has 0 saturated heterocycles. The van der Waals surface area contributed by atoms with E-state index in [1.165, 1.54) is 21.5 Å². The van der Waals surface area contributed by atoms with Gasteiger partial charge in [0.25, 0.3) is 0 Å². The molecule has 0 spiro atoms. The van der Waals surface area contributed by atoms with Gasteiger partial charge in [-0.2, -0.15) is 0 Å². The minimum Gasteiger partial charge on any atom is -0.302 e. The molecule has 0 unspecified atom stereocenters. The van der Waals surface area contributed by atoms with Crippen LogP contribution in [0.4, 0.5) is 16.4 Å². The minimum atomic E-state index is -0.211. The van der Waals surface area contributed by atoms with Gasteiger partial charge < -0.3 is 4.90 Å². The number of para-hydroxylation sites is 1. The fourth-order valence-corrected chi connectivity index (χ4v) is 6.86. The summed E-state index contributed by atoms with van der Waals surface area (Å²) in [4.78, 5) is 29.8. The van der Waals surface area contributed by atoms with Crippen LogP contribution in [0.3, 0.4) is 0 Å². The van der Waals surface area contributed by atoms with Crippen LogP contribution in [0.2, 0.25) is 0 Å². The van der Waals surface area contributed by atoms with E-state index in [-0.39, 0.29) is 17.1 Å². The molecule has 0 radical (unpaired) electrons. The van der Waals surface area contributed by atoms with Gasteiger partial charge in [-0.25, -0.2) is 0 Å². The first-order chi connectivity index (χ1) is 20.6. The average Bonchev–Trinajstić information content (AvgIpc) is 3.58. The maximum Gasteiger partial charge on any atom is 0.197 e. The van der Waals surface area contributed by atoms with Crippen LogP contribution in [-0.4, -0.2) is 11.6 Å². The van der Waals surface area contributed by atoms with Crippen molar-refractivity contribution in [3.05, 3.63) is 155 Å². The summed E-state index contributed by atoms with van der Waals surface area (Å²) in [6.07, 6.45) is 1.75. The van der Waals surface area contributed by atoms with E-state index >= 15 is 0 Å². The largest absolute Gasteiger partial charge is 0.302 e. The summed E-state index contributed by atoms with van der Waals surface area (Å²) in [5.41, 5.74) is 3.26. The topological polar surface area (TPSA) is 37.4 Å². The zero-order valence-electron chi connectivity index (χ0n) is 22.5. The Morgan fingerprint density at radius 2 is 1.02 bits per heavy atom. The molecule has 4 heteroatoms. The Morgan fingerprint density at radius 1 is 0.476 bits per heavy atom. The summed E-state index contributed by atoms with van der Waals surface area (Å²) < 4.78 is 0. The normalized spacial score (nSPS) is 12.8. The summed E-state index contributed by atoms with van der Waals surface area (Å²) in [6.45, 7) is 0. The van der Waals surface area contributed by atoms with Gasteiger partial charge in [-0.05, 0) is 99.1 Å². The number of anilines is 3. The van der Waals surface area contributed by atoms with Crippen LogP contribution < -0.4 is 4.90 Å². The molecule has 6 aromatic carbocycles. The first-order valence-electron chi connectivity index (χ1n) is 13.8. The molecule has 0 fully saturated rings. The van der Waals surface area contributed by atoms with E-state index in [2.05, 4.69) is 77.7 Å². The van der Waals surface area contributed by atoms with Gasteiger partial charge in [-0.3, -0.25) is 9.59 Å². The molecule has 7 aromatic rings. The van der Waals surface area contributed by atoms with Crippen molar-refractivity contribution in [3.63, 3.8) is 0 Å². The molecule has 0 saturated carbocycles. The van der Waals surface area contributed by atoms with Gasteiger partial charge >= 0.3 is 0 Å². The van der Waals surface area contributed by atoms with Gasteiger partial charge in [0.15, 0.2) is 11.6 Å². The van der Waals surface area contributed by atoms with Crippen LogP contribution in [-0.2, 0) is 0 Å². The quantitative estimate of drug-likeness (QED) is 0.123. The van der Waals surface area contributed by atoms with Crippen molar-refractivity contribution in [2.75, 3.05) is 4.90 Å². The highest BCUT2D eigenvalue weighted by atomic mass is 32.1. The molecular formula is C38H23NO2S. The summed E-state index contributed by atoms with van der Waals surface area (Å²) >= 11 is 1.56. The average molecular weight is 558 g/mol. The summed E-state index contributed by atoms with van der Waals surface area (Å²) in [7, 11) is 0. The molecule has 0 atom stereocenters. The fraction of sp³-hybridized carbons (Fsp3) is 0. The number of Topliss-reactive ketones (excluding diaryl/α,β-unsaturated/α-hetero) is 2. The number of hydrogen-bond donors (Lipinski definition) is 0. The first kappa shape index (κ1) is 24.5. The number of allylic oxidation sites excluding steroid dienone is 1. The zero-order chi connectivity index (χ0) is 28.2. The molecule has 8 rings (SSSR count). The lowest BCUT2D eigenvalue weighted by molar-refractivity contribution is 0.0990. The third-order valence-electron chi connectivity index (χ3n) is 7.94. The lowest BCUT2D eigenvalue weighted by Crippen LogP contribution is -2.08. The summed E-state index contributed by atoms with van der Waals surface area (Å²) in [5, 5.41) is 7.69. The van der Waals surface area contributed by atoms with E-state index in [0.29, 0.717) is 11.1 Å². The van der Waals surface area contributed by atoms with Crippen LogP contribution in [0.15, 0.2) is 139 Å². The highest BCUT2D eigenvalue weighted by Crippen LogP contribution is 2.41. The van der Waals surface area contributed by atoms with Crippen LogP contribution in [0, 0.1) is 0 Å². The van der Waals surface area contributed by atoms with E-state index in [0.717, 1.165) is 32.0 Å². The molecule has 1 aliphatic rings. The SMILES string of the molecule is O=C1C(=Cc2ccc(N(c3ccccc3)c3ccc4cc5ccccc5cc4c3)s2)C(=O)c2cc3ccccc3cc21. The Hall–Kier alpha value is -5.32. The predicted octanol–water partition coefficient (Wildman–Crippen LogP) is 10.1. The number of carbonyl (C=O) groups is 2. The molecule has 1 heterocycles. The number of nitrogens with zero attached hydrogens (tertiary/aromatic N) is 1. The van der Waals surface area contributed by atoms with Gasteiger partial charge in [0, 0.05) is 27.4 Å². The van der Waals surface area contributed by atoms with Gasteiger partial charge in [0.2, 0.25) is 0 Å². The van der Waals surface area contributed by atoms with Gasteiger partial charge in [-0.15, -0.1) is 11.3 Å². The second kappa shape index (κ2) is 9.65. The summed E-state index contributed by atoms with van der Waals surface area (Å²) in [5.74, 6) is -0.422. The highest BCUT2D eigenvalue weighted by molar-refractivity contribution is 7.17. The molecule has 1 aromatic heterocycles. The highest BCUT2D eigenvalue weighted by Gasteiger charge is 2.33. The number of benzene rings is 6. The molecule has 42 heavy (non-hydrogen) atoms. The Balaban J connectivity index is 1.20. The second-order valence-corrected chi connectivity index (χ2v) is 11.6. The molecule has 0 aliphatic heterocycles. The standard InChI is InChI=1S/C38H23NO2S/c40-37-33-21-26-10-6-7-11-27(26)22-34(33)38(41)35(37)23-32-16-17-36(42-32)39(30-12-2-1-3-13-30)31-15-14-28-18-24-8-4-5-9-25(24)19-29(28)20-31/h1-23H. The van der Waals surface area contributed by atoms with Crippen molar-refractivity contribution in [1.82, 2.24) is 0 Å². The van der Waals surface area contributed by atoms with Gasteiger partial charge in [0.05, 0.1) is 5.57 Å². The Morgan fingerprint density at radius 3 is 1.67 bits per heavy atom. The van der Waals surface area contributed by atoms with Gasteiger partial charge in [-0.1, -0.05) is 72.8 Å². The fourth-order valence-electron chi connectivity index (χ4n) is 5.87. The van der Waals surface area contributed by atoms with Crippen LogP contribution in [0.1, 0.15) is 25.6 Å². The molecule has 0 bridgehead atoms. The molecule has 3 nitrogen and oxygen atoms in total. The minimum absolute atomic E-state index is 0.211. The van der Waals surface area contributed by atoms with E-state index in [9.17, 15) is 9.59 Å². The number of thiophene rings is 1. The third-order valence-corrected chi connectivity index (χ3v) is 8.96. The van der Waals surface area contributed by atoms with Crippen molar-refractivity contribution >= 4 is 77.7 Å². The van der Waals surface area contributed by atoms with Crippen molar-refractivity contribution in [3.8, 4) is 0 Å². The van der Waals surface area contributed by atoms with Crippen LogP contribution >= 0.6 is 11.3 Å².